The molecule has 0 amide bonds. The molecular weight excluding hydrogens is 320 g/mol. The van der Waals surface area contributed by atoms with Gasteiger partial charge in [-0.3, -0.25) is 9.13 Å². The van der Waals surface area contributed by atoms with Gasteiger partial charge in [0.15, 0.2) is 11.3 Å². The van der Waals surface area contributed by atoms with Gasteiger partial charge in [0.2, 0.25) is 0 Å². The van der Waals surface area contributed by atoms with E-state index < -0.39 is 0 Å². The van der Waals surface area contributed by atoms with Crippen LogP contribution in [0.25, 0.3) is 11.3 Å². The van der Waals surface area contributed by atoms with Crippen molar-refractivity contribution in [2.75, 3.05) is 0 Å². The van der Waals surface area contributed by atoms with Crippen molar-refractivity contribution in [1.82, 2.24) is 19.1 Å². The van der Waals surface area contributed by atoms with Crippen molar-refractivity contribution in [3.8, 4) is 0 Å². The lowest BCUT2D eigenvalue weighted by Crippen LogP contribution is -2.25. The quantitative estimate of drug-likeness (QED) is 0.724. The Bertz CT molecular complexity index is 822. The average molecular weight is 333 g/mol. The Labute approximate surface area is 124 Å². The summed E-state index contributed by atoms with van der Waals surface area (Å²) in [4.78, 5) is 21.1. The van der Waals surface area contributed by atoms with Gasteiger partial charge in [-0.25, -0.2) is 14.8 Å². The molecule has 20 heavy (non-hydrogen) atoms. The van der Waals surface area contributed by atoms with Crippen LogP contribution in [0.3, 0.4) is 0 Å². The highest BCUT2D eigenvalue weighted by Crippen LogP contribution is 2.20. The van der Waals surface area contributed by atoms with Gasteiger partial charge in [0.1, 0.15) is 4.60 Å². The zero-order valence-electron chi connectivity index (χ0n) is 11.1. The van der Waals surface area contributed by atoms with Gasteiger partial charge < -0.3 is 0 Å². The Morgan fingerprint density at radius 1 is 1.20 bits per heavy atom. The van der Waals surface area contributed by atoms with Crippen LogP contribution in [0.4, 0.5) is 0 Å². The molecule has 0 fully saturated rings. The highest BCUT2D eigenvalue weighted by Gasteiger charge is 2.19. The van der Waals surface area contributed by atoms with Crippen molar-refractivity contribution in [1.29, 1.82) is 0 Å². The van der Waals surface area contributed by atoms with Crippen LogP contribution in [-0.4, -0.2) is 19.1 Å². The molecule has 3 aromatic rings. The molecular formula is C14H13BrN4O. The van der Waals surface area contributed by atoms with Crippen LogP contribution in [-0.2, 0) is 7.05 Å². The summed E-state index contributed by atoms with van der Waals surface area (Å²) in [7, 11) is 1.71. The average Bonchev–Trinajstić information content (AvgIpc) is 2.71. The molecule has 1 atom stereocenters. The molecule has 0 aliphatic rings. The van der Waals surface area contributed by atoms with Crippen molar-refractivity contribution >= 4 is 27.2 Å². The smallest absolute Gasteiger partial charge is 0.278 e. The fourth-order valence-corrected chi connectivity index (χ4v) is 2.59. The molecule has 1 aromatic carbocycles. The summed E-state index contributed by atoms with van der Waals surface area (Å²) in [6, 6.07) is 9.78. The minimum absolute atomic E-state index is 0.101. The topological polar surface area (TPSA) is 52.7 Å². The Hall–Kier alpha value is -1.95. The first-order valence-corrected chi connectivity index (χ1v) is 7.03. The molecule has 0 unspecified atom stereocenters. The first-order chi connectivity index (χ1) is 9.59. The van der Waals surface area contributed by atoms with Crippen molar-refractivity contribution in [3.05, 3.63) is 57.2 Å². The molecule has 2 aromatic heterocycles. The molecule has 5 nitrogen and oxygen atoms in total. The van der Waals surface area contributed by atoms with Crippen molar-refractivity contribution in [2.24, 2.45) is 7.05 Å². The van der Waals surface area contributed by atoms with Crippen LogP contribution < -0.4 is 5.69 Å². The minimum atomic E-state index is -0.116. The third kappa shape index (κ3) is 1.96. The number of aryl methyl sites for hydroxylation is 1. The highest BCUT2D eigenvalue weighted by atomic mass is 79.9. The first-order valence-electron chi connectivity index (χ1n) is 6.24. The number of fused-ring (bicyclic) bond motifs is 1. The molecule has 102 valence electrons. The first kappa shape index (κ1) is 13.1. The van der Waals surface area contributed by atoms with E-state index in [9.17, 15) is 4.79 Å². The van der Waals surface area contributed by atoms with Gasteiger partial charge in [0, 0.05) is 7.05 Å². The molecule has 0 radical (unpaired) electrons. The Balaban J connectivity index is 2.28. The number of rotatable bonds is 2. The maximum Gasteiger partial charge on any atom is 0.331 e. The number of hydrogen-bond acceptors (Lipinski definition) is 3. The molecule has 0 spiro atoms. The second-order valence-electron chi connectivity index (χ2n) is 4.64. The summed E-state index contributed by atoms with van der Waals surface area (Å²) in [6.07, 6.45) is 1.60. The molecule has 6 heteroatoms. The predicted molar refractivity (Wildman–Crippen MR) is 80.7 cm³/mol. The molecule has 0 bridgehead atoms. The second kappa shape index (κ2) is 4.86. The van der Waals surface area contributed by atoms with E-state index in [1.54, 1.807) is 17.8 Å². The second-order valence-corrected chi connectivity index (χ2v) is 5.45. The molecule has 0 aliphatic carbocycles. The van der Waals surface area contributed by atoms with E-state index in [2.05, 4.69) is 25.9 Å². The molecule has 0 N–H and O–H groups in total. The van der Waals surface area contributed by atoms with Gasteiger partial charge in [0.05, 0.1) is 12.2 Å². The van der Waals surface area contributed by atoms with E-state index in [1.165, 1.54) is 4.57 Å². The van der Waals surface area contributed by atoms with Gasteiger partial charge in [-0.05, 0) is 28.4 Å². The van der Waals surface area contributed by atoms with E-state index in [1.807, 2.05) is 37.3 Å². The third-order valence-corrected chi connectivity index (χ3v) is 3.80. The summed E-state index contributed by atoms with van der Waals surface area (Å²) < 4.78 is 3.81. The lowest BCUT2D eigenvalue weighted by Gasteiger charge is -2.13. The predicted octanol–water partition coefficient (Wildman–Crippen LogP) is 2.50. The van der Waals surface area contributed by atoms with Gasteiger partial charge in [0.25, 0.3) is 0 Å². The summed E-state index contributed by atoms with van der Waals surface area (Å²) in [6.45, 7) is 1.98. The minimum Gasteiger partial charge on any atom is -0.278 e. The fraction of sp³-hybridized carbons (Fsp3) is 0.214. The molecule has 0 saturated carbocycles. The molecule has 0 aliphatic heterocycles. The van der Waals surface area contributed by atoms with E-state index in [-0.39, 0.29) is 11.7 Å². The summed E-state index contributed by atoms with van der Waals surface area (Å²) in [5, 5.41) is 0. The number of nitrogens with zero attached hydrogens (tertiary/aromatic N) is 4. The van der Waals surface area contributed by atoms with Crippen LogP contribution in [0.15, 0.2) is 45.9 Å². The van der Waals surface area contributed by atoms with Crippen molar-refractivity contribution in [3.63, 3.8) is 0 Å². The fourth-order valence-electron chi connectivity index (χ4n) is 2.32. The normalized spacial score (nSPS) is 12.8. The SMILES string of the molecule is C[C@H](c1ccccc1)n1c(=O)n(C)c2ncc(Br)nc21. The highest BCUT2D eigenvalue weighted by molar-refractivity contribution is 9.10. The zero-order chi connectivity index (χ0) is 14.3. The van der Waals surface area contributed by atoms with Crippen molar-refractivity contribution < 1.29 is 0 Å². The Morgan fingerprint density at radius 3 is 2.60 bits per heavy atom. The number of imidazole rings is 1. The van der Waals surface area contributed by atoms with E-state index in [4.69, 9.17) is 0 Å². The standard InChI is InChI=1S/C14H13BrN4O/c1-9(10-6-4-3-5-7-10)19-13-12(18(2)14(19)20)16-8-11(15)17-13/h3-9H,1-2H3/t9-/m1/s1. The maximum absolute atomic E-state index is 12.4. The molecule has 0 saturated heterocycles. The zero-order valence-corrected chi connectivity index (χ0v) is 12.7. The van der Waals surface area contributed by atoms with Gasteiger partial charge >= 0.3 is 5.69 Å². The summed E-state index contributed by atoms with van der Waals surface area (Å²) >= 11 is 3.31. The van der Waals surface area contributed by atoms with E-state index in [0.29, 0.717) is 15.9 Å². The Morgan fingerprint density at radius 2 is 1.90 bits per heavy atom. The maximum atomic E-state index is 12.4. The monoisotopic (exact) mass is 332 g/mol. The Kier molecular flexibility index (Phi) is 3.17. The lowest BCUT2D eigenvalue weighted by atomic mass is 10.1. The van der Waals surface area contributed by atoms with Gasteiger partial charge in [-0.15, -0.1) is 0 Å². The number of hydrogen-bond donors (Lipinski definition) is 0. The van der Waals surface area contributed by atoms with Crippen LogP contribution in [0.5, 0.6) is 0 Å². The van der Waals surface area contributed by atoms with E-state index >= 15 is 0 Å². The van der Waals surface area contributed by atoms with Crippen LogP contribution in [0.1, 0.15) is 18.5 Å². The number of benzene rings is 1. The van der Waals surface area contributed by atoms with Crippen LogP contribution >= 0.6 is 15.9 Å². The van der Waals surface area contributed by atoms with Crippen molar-refractivity contribution in [2.45, 2.75) is 13.0 Å². The summed E-state index contributed by atoms with van der Waals surface area (Å²) in [5.41, 5.74) is 2.11. The lowest BCUT2D eigenvalue weighted by molar-refractivity contribution is 0.612. The summed E-state index contributed by atoms with van der Waals surface area (Å²) in [5.74, 6) is 0. The molecule has 2 heterocycles. The van der Waals surface area contributed by atoms with E-state index in [0.717, 1.165) is 5.56 Å². The van der Waals surface area contributed by atoms with Crippen LogP contribution in [0.2, 0.25) is 0 Å². The van der Waals surface area contributed by atoms with Gasteiger partial charge in [-0.2, -0.15) is 0 Å². The largest absolute Gasteiger partial charge is 0.331 e. The van der Waals surface area contributed by atoms with Crippen LogP contribution in [0, 0.1) is 0 Å². The third-order valence-electron chi connectivity index (χ3n) is 3.41. The molecule has 3 rings (SSSR count). The number of aromatic nitrogens is 4. The number of halogens is 1. The van der Waals surface area contributed by atoms with Gasteiger partial charge in [-0.1, -0.05) is 30.3 Å².